The second kappa shape index (κ2) is 12.3. The van der Waals surface area contributed by atoms with Crippen LogP contribution in [0.3, 0.4) is 0 Å². The number of fused-ring (bicyclic) bond motifs is 17. The molecule has 0 aliphatic carbocycles. The third-order valence-corrected chi connectivity index (χ3v) is 13.0. The lowest BCUT2D eigenvalue weighted by Crippen LogP contribution is -2.61. The average molecular weight is 781 g/mol. The summed E-state index contributed by atoms with van der Waals surface area (Å²) in [6.07, 6.45) is 0. The summed E-state index contributed by atoms with van der Waals surface area (Å²) in [7, 11) is 0. The Hall–Kier alpha value is -7.88. The summed E-state index contributed by atoms with van der Waals surface area (Å²) in [5.41, 5.74) is 3.93. The number of anilines is 6. The van der Waals surface area contributed by atoms with Gasteiger partial charge in [0.15, 0.2) is 0 Å². The fraction of sp³-hybridized carbons (Fsp3) is 0. The molecule has 0 aromatic heterocycles. The van der Waals surface area contributed by atoms with Gasteiger partial charge in [-0.1, -0.05) is 170 Å². The molecule has 2 aliphatic rings. The number of benzene rings is 12. The van der Waals surface area contributed by atoms with Crippen LogP contribution in [0.5, 0.6) is 0 Å². The van der Waals surface area contributed by atoms with E-state index in [2.05, 4.69) is 66.7 Å². The number of hydrogen-bond acceptors (Lipinski definition) is 2. The Morgan fingerprint density at radius 1 is 0.344 bits per heavy atom. The molecule has 61 heavy (non-hydrogen) atoms. The molecule has 0 atom stereocenters. The van der Waals surface area contributed by atoms with Crippen molar-refractivity contribution in [3.05, 3.63) is 212 Å². The molecule has 12 aromatic carbocycles. The minimum absolute atomic E-state index is 0.108. The number of nitrogens with zero attached hydrogens (tertiary/aromatic N) is 2. The van der Waals surface area contributed by atoms with Crippen molar-refractivity contribution in [3.63, 3.8) is 0 Å². The van der Waals surface area contributed by atoms with Crippen molar-refractivity contribution in [2.45, 2.75) is 0 Å². The van der Waals surface area contributed by atoms with Crippen LogP contribution in [0.2, 0.25) is 0 Å². The summed E-state index contributed by atoms with van der Waals surface area (Å²) < 4.78 is 94.6. The highest BCUT2D eigenvalue weighted by Gasteiger charge is 2.43. The molecule has 2 aliphatic heterocycles. The summed E-state index contributed by atoms with van der Waals surface area (Å²) in [4.78, 5) is 3.88. The zero-order valence-electron chi connectivity index (χ0n) is 42.4. The molecule has 0 saturated heterocycles. The van der Waals surface area contributed by atoms with Crippen molar-refractivity contribution >= 4 is 133 Å². The Balaban J connectivity index is 1.17. The predicted molar refractivity (Wildman–Crippen MR) is 263 cm³/mol. The average Bonchev–Trinajstić information content (AvgIpc) is 3.41. The number of para-hydroxylation sites is 1. The standard InChI is InChI=1S/C58H35BN2/c1-2-16-37-34-56-51(33-36(37)15-1)59-50-26-11-12-27-52(50)60(38-31-32-46-41-19-4-3-17-39(41)40-18-6-8-23-45(40)49(46)35-38)54-29-14-30-55(58(54)59)61(56)53-28-13-25-48-44-21-7-5-20-42(44)43-22-9-10-24-47(43)57(48)53/h1-35H/i1D,2D,11D,12D,15D,16D,26D,27D,33D,34D. The lowest BCUT2D eigenvalue weighted by atomic mass is 9.33. The minimum Gasteiger partial charge on any atom is -0.311 e. The second-order valence-electron chi connectivity index (χ2n) is 16.0. The van der Waals surface area contributed by atoms with Crippen LogP contribution in [0.1, 0.15) is 13.7 Å². The Labute approximate surface area is 367 Å². The first-order chi connectivity index (χ1) is 34.5. The van der Waals surface area contributed by atoms with Gasteiger partial charge < -0.3 is 9.80 Å². The maximum atomic E-state index is 10.3. The van der Waals surface area contributed by atoms with Crippen molar-refractivity contribution in [1.29, 1.82) is 0 Å². The first-order valence-electron chi connectivity index (χ1n) is 25.5. The highest BCUT2D eigenvalue weighted by atomic mass is 15.2. The Bertz CT molecular complexity index is 4380. The van der Waals surface area contributed by atoms with Gasteiger partial charge in [0.1, 0.15) is 0 Å². The van der Waals surface area contributed by atoms with E-state index in [4.69, 9.17) is 4.11 Å². The fourth-order valence-electron chi connectivity index (χ4n) is 10.5. The number of rotatable bonds is 2. The van der Waals surface area contributed by atoms with E-state index < -0.39 is 43.0 Å². The molecule has 0 saturated carbocycles. The van der Waals surface area contributed by atoms with Crippen molar-refractivity contribution in [2.75, 3.05) is 9.80 Å². The van der Waals surface area contributed by atoms with Crippen LogP contribution in [0.4, 0.5) is 34.1 Å². The molecule has 0 bridgehead atoms. The Morgan fingerprint density at radius 3 is 1.48 bits per heavy atom. The van der Waals surface area contributed by atoms with Crippen LogP contribution < -0.4 is 26.2 Å². The van der Waals surface area contributed by atoms with Crippen molar-refractivity contribution in [3.8, 4) is 0 Å². The highest BCUT2D eigenvalue weighted by Crippen LogP contribution is 2.49. The molecule has 0 N–H and O–H groups in total. The molecular weight excluding hydrogens is 735 g/mol. The molecule has 280 valence electrons. The van der Waals surface area contributed by atoms with Crippen LogP contribution in [0.15, 0.2) is 212 Å². The maximum Gasteiger partial charge on any atom is 0.252 e. The lowest BCUT2D eigenvalue weighted by molar-refractivity contribution is 1.26. The van der Waals surface area contributed by atoms with Crippen molar-refractivity contribution in [1.82, 2.24) is 0 Å². The highest BCUT2D eigenvalue weighted by molar-refractivity contribution is 7.00. The first-order valence-corrected chi connectivity index (χ1v) is 20.5. The molecule has 0 unspecified atom stereocenters. The summed E-state index contributed by atoms with van der Waals surface area (Å²) in [5.74, 6) is 0. The SMILES string of the molecule is [2H]c1c([2H])c([2H])c2c(c1[2H])B1c3c(cccc3N(c3cccc4c5ccccc5c5ccccc5c34)c3c1c([2H])c1c([2H])c([2H])c([2H])c([2H])c1c3[2H])N2c1ccc2c3ccccc3c3ccccc3c2c1. The van der Waals surface area contributed by atoms with E-state index in [9.17, 15) is 9.60 Å². The van der Waals surface area contributed by atoms with Gasteiger partial charge in [0.05, 0.1) is 19.4 Å². The first kappa shape index (κ1) is 24.9. The van der Waals surface area contributed by atoms with Crippen LogP contribution in [0, 0.1) is 0 Å². The third kappa shape index (κ3) is 4.47. The molecule has 2 nitrogen and oxygen atoms in total. The molecule has 0 radical (unpaired) electrons. The van der Waals surface area contributed by atoms with Gasteiger partial charge in [-0.2, -0.15) is 0 Å². The van der Waals surface area contributed by atoms with Gasteiger partial charge in [-0.25, -0.2) is 0 Å². The van der Waals surface area contributed by atoms with E-state index in [1.54, 1.807) is 0 Å². The quantitative estimate of drug-likeness (QED) is 0.127. The summed E-state index contributed by atoms with van der Waals surface area (Å²) >= 11 is 0. The van der Waals surface area contributed by atoms with Gasteiger partial charge in [-0.15, -0.1) is 0 Å². The molecule has 12 aromatic rings. The van der Waals surface area contributed by atoms with E-state index in [-0.39, 0.29) is 57.2 Å². The topological polar surface area (TPSA) is 6.48 Å². The zero-order chi connectivity index (χ0) is 48.5. The largest absolute Gasteiger partial charge is 0.311 e. The molecule has 0 fully saturated rings. The van der Waals surface area contributed by atoms with Gasteiger partial charge in [0.25, 0.3) is 6.71 Å². The predicted octanol–water partition coefficient (Wildman–Crippen LogP) is 13.8. The normalized spacial score (nSPS) is 15.4. The molecule has 2 heterocycles. The summed E-state index contributed by atoms with van der Waals surface area (Å²) in [6.45, 7) is -1.09. The van der Waals surface area contributed by atoms with Gasteiger partial charge >= 0.3 is 0 Å². The molecule has 0 amide bonds. The van der Waals surface area contributed by atoms with Crippen molar-refractivity contribution in [2.24, 2.45) is 0 Å². The van der Waals surface area contributed by atoms with Gasteiger partial charge in [0.2, 0.25) is 0 Å². The van der Waals surface area contributed by atoms with E-state index in [1.165, 1.54) is 0 Å². The summed E-state index contributed by atoms with van der Waals surface area (Å²) in [5, 5.41) is 11.9. The van der Waals surface area contributed by atoms with Crippen LogP contribution in [-0.4, -0.2) is 6.71 Å². The number of hydrogen-bond donors (Lipinski definition) is 0. The van der Waals surface area contributed by atoms with Crippen LogP contribution in [-0.2, 0) is 0 Å². The van der Waals surface area contributed by atoms with Crippen molar-refractivity contribution < 1.29 is 13.7 Å². The van der Waals surface area contributed by atoms with Crippen LogP contribution in [0.25, 0.3) is 75.4 Å². The molecule has 0 spiro atoms. The molecule has 14 rings (SSSR count). The Kier molecular flexibility index (Phi) is 5.03. The Morgan fingerprint density at radius 2 is 0.820 bits per heavy atom. The lowest BCUT2D eigenvalue weighted by Gasteiger charge is -2.44. The van der Waals surface area contributed by atoms with E-state index in [1.807, 2.05) is 94.7 Å². The second-order valence-corrected chi connectivity index (χ2v) is 16.0. The van der Waals surface area contributed by atoms with Gasteiger partial charge in [0, 0.05) is 33.8 Å². The van der Waals surface area contributed by atoms with Gasteiger partial charge in [-0.3, -0.25) is 0 Å². The van der Waals surface area contributed by atoms with E-state index in [0.29, 0.717) is 28.2 Å². The van der Waals surface area contributed by atoms with Crippen LogP contribution >= 0.6 is 0 Å². The fourth-order valence-corrected chi connectivity index (χ4v) is 10.5. The van der Waals surface area contributed by atoms with Gasteiger partial charge in [-0.05, 0) is 129 Å². The van der Waals surface area contributed by atoms with E-state index in [0.717, 1.165) is 64.6 Å². The minimum atomic E-state index is -1.09. The maximum absolute atomic E-state index is 10.3. The van der Waals surface area contributed by atoms with E-state index >= 15 is 0 Å². The molecular formula is C58H35BN2. The summed E-state index contributed by atoms with van der Waals surface area (Å²) in [6, 6.07) is 47.1. The third-order valence-electron chi connectivity index (χ3n) is 13.0. The monoisotopic (exact) mass is 780 g/mol. The smallest absolute Gasteiger partial charge is 0.252 e. The molecule has 3 heteroatoms. The zero-order valence-corrected chi connectivity index (χ0v) is 32.4.